The van der Waals surface area contributed by atoms with Gasteiger partial charge in [-0.2, -0.15) is 4.72 Å². The summed E-state index contributed by atoms with van der Waals surface area (Å²) >= 11 is 0. The smallest absolute Gasteiger partial charge is 0.241 e. The van der Waals surface area contributed by atoms with E-state index in [0.717, 1.165) is 5.56 Å². The number of rotatable bonds is 6. The largest absolute Gasteiger partial charge is 0.378 e. The summed E-state index contributed by atoms with van der Waals surface area (Å²) in [5.41, 5.74) is 1.68. The molecule has 1 aliphatic heterocycles. The van der Waals surface area contributed by atoms with E-state index in [-0.39, 0.29) is 16.7 Å². The Morgan fingerprint density at radius 1 is 1.24 bits per heavy atom. The van der Waals surface area contributed by atoms with Crippen molar-refractivity contribution in [3.63, 3.8) is 0 Å². The van der Waals surface area contributed by atoms with E-state index in [4.69, 9.17) is 4.74 Å². The van der Waals surface area contributed by atoms with Crippen molar-refractivity contribution in [1.29, 1.82) is 0 Å². The Bertz CT molecular complexity index is 710. The third-order valence-electron chi connectivity index (χ3n) is 4.25. The van der Waals surface area contributed by atoms with Gasteiger partial charge in [-0.05, 0) is 37.8 Å². The Hall–Kier alpha value is -1.44. The molecular weight excluding hydrogens is 340 g/mol. The van der Waals surface area contributed by atoms with Crippen LogP contribution in [0.4, 0.5) is 0 Å². The summed E-state index contributed by atoms with van der Waals surface area (Å²) in [6.07, 6.45) is 0.459. The molecule has 0 aromatic heterocycles. The topological polar surface area (TPSA) is 75.7 Å². The lowest BCUT2D eigenvalue weighted by molar-refractivity contribution is -0.137. The van der Waals surface area contributed by atoms with E-state index in [1.165, 1.54) is 0 Å². The summed E-state index contributed by atoms with van der Waals surface area (Å²) < 4.78 is 33.6. The summed E-state index contributed by atoms with van der Waals surface area (Å²) in [4.78, 5) is 14.7. The number of benzene rings is 1. The molecule has 1 aromatic rings. The van der Waals surface area contributed by atoms with E-state index >= 15 is 0 Å². The molecule has 1 aromatic carbocycles. The van der Waals surface area contributed by atoms with Gasteiger partial charge in [0.2, 0.25) is 15.9 Å². The number of hydrogen-bond acceptors (Lipinski definition) is 4. The molecule has 0 bridgehead atoms. The quantitative estimate of drug-likeness (QED) is 0.831. The maximum absolute atomic E-state index is 12.8. The van der Waals surface area contributed by atoms with Gasteiger partial charge in [-0.1, -0.05) is 31.5 Å². The number of aryl methyl sites for hydroxylation is 2. The number of ether oxygens (including phenoxy) is 1. The van der Waals surface area contributed by atoms with Gasteiger partial charge in [0.25, 0.3) is 0 Å². The van der Waals surface area contributed by atoms with Gasteiger partial charge in [-0.3, -0.25) is 4.79 Å². The van der Waals surface area contributed by atoms with Gasteiger partial charge in [0.1, 0.15) is 6.04 Å². The molecule has 1 N–H and O–H groups in total. The van der Waals surface area contributed by atoms with Crippen molar-refractivity contribution in [2.75, 3.05) is 26.3 Å². The van der Waals surface area contributed by atoms with Crippen LogP contribution in [-0.4, -0.2) is 51.6 Å². The van der Waals surface area contributed by atoms with Crippen molar-refractivity contribution in [1.82, 2.24) is 9.62 Å². The number of nitrogens with one attached hydrogen (secondary N) is 1. The van der Waals surface area contributed by atoms with Gasteiger partial charge in [-0.25, -0.2) is 8.42 Å². The zero-order valence-corrected chi connectivity index (χ0v) is 16.2. The maximum atomic E-state index is 12.8. The Balaban J connectivity index is 2.24. The van der Waals surface area contributed by atoms with E-state index in [0.29, 0.717) is 38.3 Å². The molecule has 1 atom stereocenters. The molecule has 1 aliphatic rings. The van der Waals surface area contributed by atoms with Crippen molar-refractivity contribution in [3.05, 3.63) is 29.3 Å². The molecule has 0 aliphatic carbocycles. The highest BCUT2D eigenvalue weighted by Gasteiger charge is 2.31. The molecule has 0 unspecified atom stereocenters. The van der Waals surface area contributed by atoms with Crippen LogP contribution < -0.4 is 4.72 Å². The van der Waals surface area contributed by atoms with Crippen molar-refractivity contribution in [2.45, 2.75) is 45.1 Å². The minimum Gasteiger partial charge on any atom is -0.378 e. The summed E-state index contributed by atoms with van der Waals surface area (Å²) in [5.74, 6) is 0.0159. The van der Waals surface area contributed by atoms with Crippen LogP contribution in [-0.2, 0) is 19.6 Å². The van der Waals surface area contributed by atoms with E-state index in [1.807, 2.05) is 26.8 Å². The molecule has 0 spiro atoms. The fourth-order valence-corrected chi connectivity index (χ4v) is 4.46. The van der Waals surface area contributed by atoms with Crippen LogP contribution in [0.5, 0.6) is 0 Å². The van der Waals surface area contributed by atoms with Crippen LogP contribution in [0.2, 0.25) is 0 Å². The second-order valence-corrected chi connectivity index (χ2v) is 8.69. The van der Waals surface area contributed by atoms with E-state index in [9.17, 15) is 13.2 Å². The van der Waals surface area contributed by atoms with Gasteiger partial charge < -0.3 is 9.64 Å². The number of hydrogen-bond donors (Lipinski definition) is 1. The van der Waals surface area contributed by atoms with Crippen LogP contribution >= 0.6 is 0 Å². The Kier molecular flexibility index (Phi) is 6.59. The lowest BCUT2D eigenvalue weighted by Crippen LogP contribution is -2.52. The second kappa shape index (κ2) is 8.29. The predicted octanol–water partition coefficient (Wildman–Crippen LogP) is 1.86. The van der Waals surface area contributed by atoms with Crippen molar-refractivity contribution >= 4 is 15.9 Å². The van der Waals surface area contributed by atoms with Crippen LogP contribution in [0.15, 0.2) is 23.1 Å². The second-order valence-electron chi connectivity index (χ2n) is 7.01. The first-order chi connectivity index (χ1) is 11.7. The monoisotopic (exact) mass is 368 g/mol. The van der Waals surface area contributed by atoms with Crippen LogP contribution in [0.1, 0.15) is 31.4 Å². The number of carbonyl (C=O) groups is 1. The van der Waals surface area contributed by atoms with E-state index < -0.39 is 16.1 Å². The Morgan fingerprint density at radius 2 is 1.88 bits per heavy atom. The van der Waals surface area contributed by atoms with Crippen molar-refractivity contribution in [2.24, 2.45) is 5.92 Å². The number of sulfonamides is 1. The average molecular weight is 368 g/mol. The van der Waals surface area contributed by atoms with Crippen molar-refractivity contribution < 1.29 is 17.9 Å². The molecule has 1 amide bonds. The van der Waals surface area contributed by atoms with Gasteiger partial charge in [0.05, 0.1) is 18.1 Å². The van der Waals surface area contributed by atoms with Gasteiger partial charge >= 0.3 is 0 Å². The van der Waals surface area contributed by atoms with E-state index in [2.05, 4.69) is 4.72 Å². The summed E-state index contributed by atoms with van der Waals surface area (Å²) in [6, 6.07) is 4.43. The summed E-state index contributed by atoms with van der Waals surface area (Å²) in [7, 11) is -3.76. The average Bonchev–Trinajstić information content (AvgIpc) is 2.53. The zero-order valence-electron chi connectivity index (χ0n) is 15.4. The van der Waals surface area contributed by atoms with Gasteiger partial charge in [-0.15, -0.1) is 0 Å². The fourth-order valence-electron chi connectivity index (χ4n) is 3.03. The third kappa shape index (κ3) is 5.26. The first kappa shape index (κ1) is 19.9. The lowest BCUT2D eigenvalue weighted by atomic mass is 10.0. The molecule has 25 heavy (non-hydrogen) atoms. The van der Waals surface area contributed by atoms with Gasteiger partial charge in [0, 0.05) is 13.1 Å². The molecule has 0 saturated carbocycles. The molecule has 1 heterocycles. The Labute approximate surface area is 150 Å². The SMILES string of the molecule is Cc1ccc(S(=O)(=O)N[C@H](CC(C)C)C(=O)N2CCOCC2)c(C)c1. The van der Waals surface area contributed by atoms with Crippen molar-refractivity contribution in [3.8, 4) is 0 Å². The van der Waals surface area contributed by atoms with E-state index in [1.54, 1.807) is 24.0 Å². The number of amides is 1. The predicted molar refractivity (Wildman–Crippen MR) is 96.9 cm³/mol. The van der Waals surface area contributed by atoms with Crippen LogP contribution in [0, 0.1) is 19.8 Å². The third-order valence-corrected chi connectivity index (χ3v) is 5.88. The molecule has 2 rings (SSSR count). The Morgan fingerprint density at radius 3 is 2.44 bits per heavy atom. The normalized spacial score (nSPS) is 16.9. The molecular formula is C18H28N2O4S. The van der Waals surface area contributed by atoms with Crippen LogP contribution in [0.25, 0.3) is 0 Å². The molecule has 1 fully saturated rings. The molecule has 7 heteroatoms. The van der Waals surface area contributed by atoms with Crippen LogP contribution in [0.3, 0.4) is 0 Å². The highest BCUT2D eigenvalue weighted by molar-refractivity contribution is 7.89. The molecule has 1 saturated heterocycles. The number of nitrogens with zero attached hydrogens (tertiary/aromatic N) is 1. The lowest BCUT2D eigenvalue weighted by Gasteiger charge is -2.31. The zero-order chi connectivity index (χ0) is 18.6. The molecule has 6 nitrogen and oxygen atoms in total. The minimum absolute atomic E-state index is 0.176. The standard InChI is InChI=1S/C18H28N2O4S/c1-13(2)11-16(18(21)20-7-9-24-10-8-20)19-25(22,23)17-6-5-14(3)12-15(17)4/h5-6,12-13,16,19H,7-11H2,1-4H3/t16-/m1/s1. The first-order valence-corrected chi connectivity index (χ1v) is 10.1. The first-order valence-electron chi connectivity index (χ1n) is 8.67. The number of carbonyl (C=O) groups excluding carboxylic acids is 1. The summed E-state index contributed by atoms with van der Waals surface area (Å²) in [6.45, 7) is 9.62. The number of morpholine rings is 1. The highest BCUT2D eigenvalue weighted by Crippen LogP contribution is 2.19. The maximum Gasteiger partial charge on any atom is 0.241 e. The summed E-state index contributed by atoms with van der Waals surface area (Å²) in [5, 5.41) is 0. The minimum atomic E-state index is -3.76. The molecule has 0 radical (unpaired) electrons. The highest BCUT2D eigenvalue weighted by atomic mass is 32.2. The fraction of sp³-hybridized carbons (Fsp3) is 0.611. The molecule has 140 valence electrons. The van der Waals surface area contributed by atoms with Gasteiger partial charge in [0.15, 0.2) is 0 Å².